The molecule has 0 spiro atoms. The van der Waals surface area contributed by atoms with E-state index in [9.17, 15) is 22.8 Å². The van der Waals surface area contributed by atoms with Crippen LogP contribution in [0.3, 0.4) is 0 Å². The summed E-state index contributed by atoms with van der Waals surface area (Å²) in [6.45, 7) is 1.36. The molecule has 1 aromatic heterocycles. The average molecular weight is 385 g/mol. The molecule has 26 heavy (non-hydrogen) atoms. The largest absolute Gasteiger partial charge is 0.478 e. The number of hydrogen-bond acceptors (Lipinski definition) is 5. The predicted molar refractivity (Wildman–Crippen MR) is 88.2 cm³/mol. The van der Waals surface area contributed by atoms with Gasteiger partial charge in [-0.2, -0.15) is 8.78 Å². The van der Waals surface area contributed by atoms with E-state index in [1.165, 1.54) is 49.5 Å². The number of amides is 2. The van der Waals surface area contributed by atoms with Crippen LogP contribution in [0.25, 0.3) is 0 Å². The normalized spacial score (nSPS) is 11.7. The van der Waals surface area contributed by atoms with Gasteiger partial charge in [-0.15, -0.1) is 0 Å². The first-order valence-corrected chi connectivity index (χ1v) is 8.17. The Balaban J connectivity index is 1.95. The molecule has 10 heteroatoms. The number of aromatic nitrogens is 1. The molecule has 0 aliphatic heterocycles. The number of nitrogens with one attached hydrogen (secondary N) is 2. The Hall–Kier alpha value is -2.75. The molecule has 1 atom stereocenters. The third-order valence-electron chi connectivity index (χ3n) is 3.03. The molecule has 0 aliphatic carbocycles. The van der Waals surface area contributed by atoms with Gasteiger partial charge in [-0.25, -0.2) is 9.37 Å². The Morgan fingerprint density at radius 1 is 1.15 bits per heavy atom. The average Bonchev–Trinajstić information content (AvgIpc) is 2.61. The molecule has 0 radical (unpaired) electrons. The summed E-state index contributed by atoms with van der Waals surface area (Å²) in [6.07, 6.45) is 0.153. The van der Waals surface area contributed by atoms with E-state index in [1.807, 2.05) is 0 Å². The first kappa shape index (κ1) is 19.6. The molecular weight excluding hydrogens is 371 g/mol. The fraction of sp³-hybridized carbons (Fsp3) is 0.188. The van der Waals surface area contributed by atoms with E-state index in [2.05, 4.69) is 15.8 Å². The van der Waals surface area contributed by atoms with Gasteiger partial charge in [-0.05, 0) is 43.0 Å². The van der Waals surface area contributed by atoms with E-state index >= 15 is 0 Å². The highest BCUT2D eigenvalue weighted by molar-refractivity contribution is 7.99. The summed E-state index contributed by atoms with van der Waals surface area (Å²) < 4.78 is 43.7. The number of para-hydroxylation sites is 1. The van der Waals surface area contributed by atoms with Crippen molar-refractivity contribution in [2.75, 3.05) is 0 Å². The zero-order valence-electron chi connectivity index (χ0n) is 13.4. The molecule has 0 aliphatic rings. The smallest absolute Gasteiger partial charge is 0.290 e. The van der Waals surface area contributed by atoms with Crippen molar-refractivity contribution in [3.05, 3.63) is 54.0 Å². The van der Waals surface area contributed by atoms with Crippen LogP contribution >= 0.6 is 11.8 Å². The van der Waals surface area contributed by atoms with Crippen LogP contribution in [0.1, 0.15) is 17.3 Å². The van der Waals surface area contributed by atoms with Crippen LogP contribution in [0.15, 0.2) is 47.6 Å². The third-order valence-corrected chi connectivity index (χ3v) is 3.75. The summed E-state index contributed by atoms with van der Waals surface area (Å²) in [5, 5.41) is -0.176. The van der Waals surface area contributed by atoms with Gasteiger partial charge < -0.3 is 4.74 Å². The van der Waals surface area contributed by atoms with Crippen molar-refractivity contribution in [2.24, 2.45) is 0 Å². The zero-order chi connectivity index (χ0) is 19.1. The van der Waals surface area contributed by atoms with Crippen LogP contribution in [0.5, 0.6) is 5.75 Å². The van der Waals surface area contributed by atoms with Crippen molar-refractivity contribution in [3.63, 3.8) is 0 Å². The number of halogens is 3. The topological polar surface area (TPSA) is 80.3 Å². The summed E-state index contributed by atoms with van der Waals surface area (Å²) in [4.78, 5) is 27.7. The number of pyridine rings is 1. The summed E-state index contributed by atoms with van der Waals surface area (Å²) in [5.41, 5.74) is 4.05. The van der Waals surface area contributed by atoms with Gasteiger partial charge in [0.25, 0.3) is 17.6 Å². The molecule has 2 aromatic rings. The standard InChI is InChI=1S/C16H14F3N3O3S/c1-9(25-12-7-3-2-6-11(12)17)13(23)21-22-14(24)10-5-4-8-20-15(10)26-16(18)19/h2-9,16H,1H3,(H,21,23)(H,22,24). The monoisotopic (exact) mass is 385 g/mol. The quantitative estimate of drug-likeness (QED) is 0.590. The lowest BCUT2D eigenvalue weighted by Gasteiger charge is -2.16. The third kappa shape index (κ3) is 5.38. The molecule has 6 nitrogen and oxygen atoms in total. The molecule has 0 bridgehead atoms. The van der Waals surface area contributed by atoms with Crippen LogP contribution in [-0.4, -0.2) is 28.7 Å². The minimum absolute atomic E-state index is 0.113. The van der Waals surface area contributed by atoms with Crippen molar-refractivity contribution in [1.82, 2.24) is 15.8 Å². The van der Waals surface area contributed by atoms with E-state index < -0.39 is 29.5 Å². The number of hydrogen-bond donors (Lipinski definition) is 2. The van der Waals surface area contributed by atoms with Gasteiger partial charge in [0, 0.05) is 6.20 Å². The maximum Gasteiger partial charge on any atom is 0.290 e. The Labute approximate surface area is 151 Å². The van der Waals surface area contributed by atoms with Gasteiger partial charge in [-0.3, -0.25) is 20.4 Å². The number of benzene rings is 1. The maximum absolute atomic E-state index is 13.5. The molecule has 2 rings (SSSR count). The fourth-order valence-corrected chi connectivity index (χ4v) is 2.39. The van der Waals surface area contributed by atoms with Gasteiger partial charge in [0.05, 0.1) is 5.56 Å². The zero-order valence-corrected chi connectivity index (χ0v) is 14.2. The van der Waals surface area contributed by atoms with E-state index in [-0.39, 0.29) is 28.1 Å². The van der Waals surface area contributed by atoms with Crippen molar-refractivity contribution < 1.29 is 27.5 Å². The molecule has 0 saturated heterocycles. The van der Waals surface area contributed by atoms with Crippen molar-refractivity contribution in [3.8, 4) is 5.75 Å². The van der Waals surface area contributed by atoms with E-state index in [0.29, 0.717) is 0 Å². The first-order valence-electron chi connectivity index (χ1n) is 7.29. The highest BCUT2D eigenvalue weighted by Crippen LogP contribution is 2.26. The molecular formula is C16H14F3N3O3S. The number of alkyl halides is 2. The molecule has 1 heterocycles. The highest BCUT2D eigenvalue weighted by atomic mass is 32.2. The van der Waals surface area contributed by atoms with Crippen LogP contribution in [0, 0.1) is 5.82 Å². The van der Waals surface area contributed by atoms with E-state index in [1.54, 1.807) is 0 Å². The SMILES string of the molecule is CC(Oc1ccccc1F)C(=O)NNC(=O)c1cccnc1SC(F)F. The minimum atomic E-state index is -2.75. The Morgan fingerprint density at radius 3 is 2.58 bits per heavy atom. The number of hydrazine groups is 1. The molecule has 1 unspecified atom stereocenters. The molecule has 1 aromatic carbocycles. The minimum Gasteiger partial charge on any atom is -0.478 e. The summed E-state index contributed by atoms with van der Waals surface area (Å²) in [6, 6.07) is 8.22. The number of carbonyl (C=O) groups is 2. The lowest BCUT2D eigenvalue weighted by Crippen LogP contribution is -2.47. The summed E-state index contributed by atoms with van der Waals surface area (Å²) in [5.74, 6) is -5.09. The van der Waals surface area contributed by atoms with Gasteiger partial charge in [0.1, 0.15) is 5.03 Å². The number of carbonyl (C=O) groups excluding carboxylic acids is 2. The summed E-state index contributed by atoms with van der Waals surface area (Å²) >= 11 is 0.113. The molecule has 138 valence electrons. The number of thioether (sulfide) groups is 1. The molecule has 0 saturated carbocycles. The fourth-order valence-electron chi connectivity index (χ4n) is 1.81. The van der Waals surface area contributed by atoms with Crippen molar-refractivity contribution >= 4 is 23.6 Å². The van der Waals surface area contributed by atoms with Crippen molar-refractivity contribution in [1.29, 1.82) is 0 Å². The summed E-state index contributed by atoms with van der Waals surface area (Å²) in [7, 11) is 0. The van der Waals surface area contributed by atoms with Gasteiger partial charge in [0.15, 0.2) is 17.7 Å². The second-order valence-electron chi connectivity index (χ2n) is 4.87. The number of ether oxygens (including phenoxy) is 1. The number of nitrogens with zero attached hydrogens (tertiary/aromatic N) is 1. The molecule has 0 fully saturated rings. The molecule has 2 amide bonds. The van der Waals surface area contributed by atoms with Gasteiger partial charge >= 0.3 is 0 Å². The van der Waals surface area contributed by atoms with Gasteiger partial charge in [-0.1, -0.05) is 12.1 Å². The Kier molecular flexibility index (Phi) is 6.84. The highest BCUT2D eigenvalue weighted by Gasteiger charge is 2.20. The Morgan fingerprint density at radius 2 is 1.88 bits per heavy atom. The van der Waals surface area contributed by atoms with Crippen LogP contribution in [0.4, 0.5) is 13.2 Å². The van der Waals surface area contributed by atoms with Crippen LogP contribution < -0.4 is 15.6 Å². The van der Waals surface area contributed by atoms with Crippen LogP contribution in [-0.2, 0) is 4.79 Å². The van der Waals surface area contributed by atoms with E-state index in [4.69, 9.17) is 4.74 Å². The predicted octanol–water partition coefficient (Wildman–Crippen LogP) is 2.76. The van der Waals surface area contributed by atoms with Crippen molar-refractivity contribution in [2.45, 2.75) is 23.8 Å². The van der Waals surface area contributed by atoms with Gasteiger partial charge in [0.2, 0.25) is 0 Å². The maximum atomic E-state index is 13.5. The van der Waals surface area contributed by atoms with E-state index in [0.717, 1.165) is 0 Å². The second kappa shape index (κ2) is 9.09. The van der Waals surface area contributed by atoms with Crippen LogP contribution in [0.2, 0.25) is 0 Å². The second-order valence-corrected chi connectivity index (χ2v) is 5.85. The number of rotatable bonds is 6. The Bertz CT molecular complexity index is 792. The lowest BCUT2D eigenvalue weighted by atomic mass is 10.3. The lowest BCUT2D eigenvalue weighted by molar-refractivity contribution is -0.128. The molecule has 2 N–H and O–H groups in total. The first-order chi connectivity index (χ1) is 12.4.